The summed E-state index contributed by atoms with van der Waals surface area (Å²) >= 11 is 0. The van der Waals surface area contributed by atoms with Crippen LogP contribution in [0.4, 0.5) is 0 Å². The van der Waals surface area contributed by atoms with Crippen molar-refractivity contribution in [2.75, 3.05) is 33.9 Å². The second-order valence-electron chi connectivity index (χ2n) is 7.29. The predicted octanol–water partition coefficient (Wildman–Crippen LogP) is 0.208. The van der Waals surface area contributed by atoms with E-state index in [0.717, 1.165) is 12.0 Å². The lowest BCUT2D eigenvalue weighted by molar-refractivity contribution is -0.132. The lowest BCUT2D eigenvalue weighted by atomic mass is 9.98. The van der Waals surface area contributed by atoms with Crippen molar-refractivity contribution in [2.24, 2.45) is 0 Å². The number of aliphatic hydroxyl groups is 1. The molecule has 28 heavy (non-hydrogen) atoms. The van der Waals surface area contributed by atoms with E-state index in [9.17, 15) is 14.7 Å². The number of nitrogens with one attached hydrogen (secondary N) is 2. The number of methoxy groups -OCH3 is 2. The van der Waals surface area contributed by atoms with Crippen molar-refractivity contribution in [1.82, 2.24) is 15.5 Å². The molecule has 2 aliphatic rings. The molecule has 0 saturated carbocycles. The van der Waals surface area contributed by atoms with E-state index in [1.807, 2.05) is 17.0 Å². The second-order valence-corrected chi connectivity index (χ2v) is 7.29. The van der Waals surface area contributed by atoms with Gasteiger partial charge in [0.15, 0.2) is 11.5 Å². The third kappa shape index (κ3) is 4.74. The molecular weight excluding hydrogens is 362 g/mol. The average Bonchev–Trinajstić information content (AvgIpc) is 3.15. The van der Waals surface area contributed by atoms with E-state index >= 15 is 0 Å². The Morgan fingerprint density at radius 2 is 1.96 bits per heavy atom. The minimum Gasteiger partial charge on any atom is -0.493 e. The molecule has 154 valence electrons. The van der Waals surface area contributed by atoms with Gasteiger partial charge in [0.05, 0.1) is 26.4 Å². The van der Waals surface area contributed by atoms with Crippen molar-refractivity contribution in [1.29, 1.82) is 0 Å². The summed E-state index contributed by atoms with van der Waals surface area (Å²) in [6.07, 6.45) is 1.75. The van der Waals surface area contributed by atoms with Crippen LogP contribution in [0.25, 0.3) is 0 Å². The van der Waals surface area contributed by atoms with E-state index in [1.54, 1.807) is 14.2 Å². The number of carbonyl (C=O) groups excluding carboxylic acids is 2. The van der Waals surface area contributed by atoms with Gasteiger partial charge in [0.1, 0.15) is 0 Å². The van der Waals surface area contributed by atoms with E-state index in [0.29, 0.717) is 56.9 Å². The molecule has 2 unspecified atom stereocenters. The number of hydrogen-bond donors (Lipinski definition) is 3. The number of benzene rings is 1. The lowest BCUT2D eigenvalue weighted by Crippen LogP contribution is -2.41. The van der Waals surface area contributed by atoms with Gasteiger partial charge in [-0.1, -0.05) is 0 Å². The van der Waals surface area contributed by atoms with E-state index < -0.39 is 6.10 Å². The Morgan fingerprint density at radius 1 is 1.25 bits per heavy atom. The van der Waals surface area contributed by atoms with Crippen molar-refractivity contribution in [2.45, 2.75) is 44.4 Å². The summed E-state index contributed by atoms with van der Waals surface area (Å²) in [5, 5.41) is 15.3. The Labute approximate surface area is 165 Å². The third-order valence-electron chi connectivity index (χ3n) is 5.36. The van der Waals surface area contributed by atoms with Crippen LogP contribution in [0, 0.1) is 0 Å². The van der Waals surface area contributed by atoms with Gasteiger partial charge in [-0.25, -0.2) is 0 Å². The summed E-state index contributed by atoms with van der Waals surface area (Å²) in [5.74, 6) is 1.35. The predicted molar refractivity (Wildman–Crippen MR) is 103 cm³/mol. The standard InChI is InChI=1S/C20H29N3O5/c1-27-17-8-13-5-7-23(12-14(13)9-18(17)28-2)19(25)4-3-6-21-20(26)16-10-15(24)11-22-16/h8-9,15-16,22,24H,3-7,10-12H2,1-2H3,(H,21,26). The van der Waals surface area contributed by atoms with Crippen LogP contribution in [0.1, 0.15) is 30.4 Å². The van der Waals surface area contributed by atoms with Gasteiger partial charge in [-0.3, -0.25) is 9.59 Å². The zero-order chi connectivity index (χ0) is 20.1. The van der Waals surface area contributed by atoms with Crippen molar-refractivity contribution in [3.63, 3.8) is 0 Å². The molecule has 0 spiro atoms. The van der Waals surface area contributed by atoms with Crippen LogP contribution in [0.3, 0.4) is 0 Å². The van der Waals surface area contributed by atoms with E-state index in [-0.39, 0.29) is 17.9 Å². The second kappa shape index (κ2) is 9.25. The van der Waals surface area contributed by atoms with Crippen LogP contribution >= 0.6 is 0 Å². The molecule has 1 saturated heterocycles. The van der Waals surface area contributed by atoms with Crippen molar-refractivity contribution in [3.05, 3.63) is 23.3 Å². The summed E-state index contributed by atoms with van der Waals surface area (Å²) < 4.78 is 10.7. The van der Waals surface area contributed by atoms with Crippen molar-refractivity contribution >= 4 is 11.8 Å². The molecule has 1 aromatic carbocycles. The highest BCUT2D eigenvalue weighted by Gasteiger charge is 2.28. The van der Waals surface area contributed by atoms with Gasteiger partial charge < -0.3 is 30.1 Å². The van der Waals surface area contributed by atoms with E-state index in [1.165, 1.54) is 5.56 Å². The number of ether oxygens (including phenoxy) is 2. The Kier molecular flexibility index (Phi) is 6.74. The quantitative estimate of drug-likeness (QED) is 0.575. The molecule has 2 heterocycles. The Morgan fingerprint density at radius 3 is 2.61 bits per heavy atom. The largest absolute Gasteiger partial charge is 0.493 e. The Balaban J connectivity index is 1.45. The zero-order valence-corrected chi connectivity index (χ0v) is 16.5. The maximum Gasteiger partial charge on any atom is 0.237 e. The average molecular weight is 391 g/mol. The van der Waals surface area contributed by atoms with Gasteiger partial charge >= 0.3 is 0 Å². The van der Waals surface area contributed by atoms with E-state index in [4.69, 9.17) is 9.47 Å². The SMILES string of the molecule is COc1cc2c(cc1OC)CN(C(=O)CCCNC(=O)C1CC(O)CN1)CC2. The highest BCUT2D eigenvalue weighted by atomic mass is 16.5. The summed E-state index contributed by atoms with van der Waals surface area (Å²) in [5.41, 5.74) is 2.26. The Bertz CT molecular complexity index is 724. The maximum atomic E-state index is 12.5. The molecule has 3 N–H and O–H groups in total. The first kappa shape index (κ1) is 20.4. The lowest BCUT2D eigenvalue weighted by Gasteiger charge is -2.29. The molecule has 1 fully saturated rings. The van der Waals surface area contributed by atoms with Crippen LogP contribution in [0.15, 0.2) is 12.1 Å². The molecule has 2 aliphatic heterocycles. The monoisotopic (exact) mass is 391 g/mol. The van der Waals surface area contributed by atoms with E-state index in [2.05, 4.69) is 10.6 Å². The van der Waals surface area contributed by atoms with Gasteiger partial charge in [0.25, 0.3) is 0 Å². The minimum atomic E-state index is -0.460. The van der Waals surface area contributed by atoms with Gasteiger partial charge in [0, 0.05) is 32.6 Å². The fraction of sp³-hybridized carbons (Fsp3) is 0.600. The highest BCUT2D eigenvalue weighted by molar-refractivity contribution is 5.82. The molecular formula is C20H29N3O5. The number of aliphatic hydroxyl groups excluding tert-OH is 1. The first-order chi connectivity index (χ1) is 13.5. The topological polar surface area (TPSA) is 100 Å². The van der Waals surface area contributed by atoms with Crippen LogP contribution in [-0.4, -0.2) is 67.8 Å². The number of β-amino-alcohol motifs (C(OH)–C–C–N with tert-alkyl or cyclic N) is 1. The molecule has 8 nitrogen and oxygen atoms in total. The van der Waals surface area contributed by atoms with Crippen LogP contribution < -0.4 is 20.1 Å². The summed E-state index contributed by atoms with van der Waals surface area (Å²) in [6, 6.07) is 3.59. The normalized spacial score (nSPS) is 21.2. The number of hydrogen-bond acceptors (Lipinski definition) is 6. The number of nitrogens with zero attached hydrogens (tertiary/aromatic N) is 1. The van der Waals surface area contributed by atoms with Crippen LogP contribution in [-0.2, 0) is 22.6 Å². The molecule has 8 heteroatoms. The fourth-order valence-electron chi connectivity index (χ4n) is 3.75. The smallest absolute Gasteiger partial charge is 0.237 e. The molecule has 2 amide bonds. The molecule has 3 rings (SSSR count). The van der Waals surface area contributed by atoms with Gasteiger partial charge in [-0.2, -0.15) is 0 Å². The van der Waals surface area contributed by atoms with Gasteiger partial charge in [0.2, 0.25) is 11.8 Å². The third-order valence-corrected chi connectivity index (χ3v) is 5.36. The zero-order valence-electron chi connectivity index (χ0n) is 16.5. The molecule has 0 radical (unpaired) electrons. The van der Waals surface area contributed by atoms with Crippen molar-refractivity contribution < 1.29 is 24.2 Å². The van der Waals surface area contributed by atoms with Crippen LogP contribution in [0.2, 0.25) is 0 Å². The highest BCUT2D eigenvalue weighted by Crippen LogP contribution is 2.33. The number of fused-ring (bicyclic) bond motifs is 1. The van der Waals surface area contributed by atoms with Gasteiger partial charge in [-0.05, 0) is 42.5 Å². The van der Waals surface area contributed by atoms with Gasteiger partial charge in [-0.15, -0.1) is 0 Å². The summed E-state index contributed by atoms with van der Waals surface area (Å²) in [6.45, 7) is 2.14. The molecule has 0 aliphatic carbocycles. The first-order valence-electron chi connectivity index (χ1n) is 9.72. The van der Waals surface area contributed by atoms with Crippen molar-refractivity contribution in [3.8, 4) is 11.5 Å². The molecule has 0 aromatic heterocycles. The minimum absolute atomic E-state index is 0.0871. The fourth-order valence-corrected chi connectivity index (χ4v) is 3.75. The summed E-state index contributed by atoms with van der Waals surface area (Å²) in [7, 11) is 3.22. The maximum absolute atomic E-state index is 12.5. The molecule has 0 bridgehead atoms. The number of carbonyl (C=O) groups is 2. The first-order valence-corrected chi connectivity index (χ1v) is 9.72. The number of amides is 2. The molecule has 2 atom stereocenters. The Hall–Kier alpha value is -2.32. The molecule has 1 aromatic rings. The number of rotatable bonds is 7. The summed E-state index contributed by atoms with van der Waals surface area (Å²) in [4.78, 5) is 26.4. The van der Waals surface area contributed by atoms with Crippen LogP contribution in [0.5, 0.6) is 11.5 Å².